The summed E-state index contributed by atoms with van der Waals surface area (Å²) in [4.78, 5) is 14.3. The average molecular weight is 344 g/mol. The third-order valence-electron chi connectivity index (χ3n) is 3.92. The fourth-order valence-corrected chi connectivity index (χ4v) is 2.64. The van der Waals surface area contributed by atoms with E-state index in [0.717, 1.165) is 5.56 Å². The molecule has 4 nitrogen and oxygen atoms in total. The summed E-state index contributed by atoms with van der Waals surface area (Å²) in [6.07, 6.45) is -0.599. The number of carbonyl (C=O) groups is 1. The van der Waals surface area contributed by atoms with Crippen LogP contribution in [0.15, 0.2) is 48.5 Å². The number of rotatable bonds is 7. The van der Waals surface area contributed by atoms with Crippen LogP contribution in [0, 0.1) is 11.7 Å². The largest absolute Gasteiger partial charge is 0.399 e. The highest BCUT2D eigenvalue weighted by Gasteiger charge is 2.20. The van der Waals surface area contributed by atoms with Crippen LogP contribution in [0.5, 0.6) is 0 Å². The van der Waals surface area contributed by atoms with Gasteiger partial charge in [-0.1, -0.05) is 38.1 Å². The number of carbonyl (C=O) groups excluding carboxylic acids is 1. The van der Waals surface area contributed by atoms with Crippen molar-refractivity contribution in [2.75, 3.05) is 18.8 Å². The minimum absolute atomic E-state index is 0.0559. The highest BCUT2D eigenvalue weighted by atomic mass is 19.1. The lowest BCUT2D eigenvalue weighted by Crippen LogP contribution is -2.38. The molecule has 2 rings (SSSR count). The smallest absolute Gasteiger partial charge is 0.227 e. The van der Waals surface area contributed by atoms with E-state index in [9.17, 15) is 14.3 Å². The SMILES string of the molecule is CC(C)CN(CC(O)c1ccc(F)cc1)C(=O)Cc1ccc(N)cc1. The second kappa shape index (κ2) is 8.62. The number of aliphatic hydroxyl groups is 1. The highest BCUT2D eigenvalue weighted by molar-refractivity contribution is 5.79. The zero-order valence-corrected chi connectivity index (χ0v) is 14.7. The van der Waals surface area contributed by atoms with E-state index in [1.165, 1.54) is 24.3 Å². The molecule has 0 aromatic heterocycles. The Labute approximate surface area is 148 Å². The molecule has 1 unspecified atom stereocenters. The number of hydrogen-bond donors (Lipinski definition) is 2. The monoisotopic (exact) mass is 344 g/mol. The van der Waals surface area contributed by atoms with E-state index in [-0.39, 0.29) is 30.6 Å². The molecule has 3 N–H and O–H groups in total. The fourth-order valence-electron chi connectivity index (χ4n) is 2.64. The number of halogens is 1. The molecule has 2 aromatic rings. The molecule has 134 valence electrons. The maximum atomic E-state index is 13.0. The van der Waals surface area contributed by atoms with Crippen LogP contribution < -0.4 is 5.73 Å². The van der Waals surface area contributed by atoms with Crippen molar-refractivity contribution in [2.45, 2.75) is 26.4 Å². The number of amides is 1. The fraction of sp³-hybridized carbons (Fsp3) is 0.350. The van der Waals surface area contributed by atoms with Crippen LogP contribution in [-0.2, 0) is 11.2 Å². The summed E-state index contributed by atoms with van der Waals surface area (Å²) in [5.74, 6) is -0.134. The van der Waals surface area contributed by atoms with E-state index >= 15 is 0 Å². The van der Waals surface area contributed by atoms with Crippen molar-refractivity contribution in [3.63, 3.8) is 0 Å². The molecule has 0 aliphatic rings. The summed E-state index contributed by atoms with van der Waals surface area (Å²) < 4.78 is 13.0. The van der Waals surface area contributed by atoms with E-state index in [0.29, 0.717) is 17.8 Å². The summed E-state index contributed by atoms with van der Waals surface area (Å²) >= 11 is 0. The molecular weight excluding hydrogens is 319 g/mol. The highest BCUT2D eigenvalue weighted by Crippen LogP contribution is 2.17. The van der Waals surface area contributed by atoms with Crippen molar-refractivity contribution in [1.29, 1.82) is 0 Å². The lowest BCUT2D eigenvalue weighted by Gasteiger charge is -2.27. The molecule has 0 saturated carbocycles. The average Bonchev–Trinajstić information content (AvgIpc) is 2.56. The number of nitrogen functional groups attached to an aromatic ring is 1. The van der Waals surface area contributed by atoms with Gasteiger partial charge in [0, 0.05) is 12.2 Å². The molecule has 0 heterocycles. The lowest BCUT2D eigenvalue weighted by molar-refractivity contribution is -0.132. The first kappa shape index (κ1) is 18.9. The Morgan fingerprint density at radius 1 is 1.08 bits per heavy atom. The van der Waals surface area contributed by atoms with Crippen LogP contribution in [-0.4, -0.2) is 29.0 Å². The maximum Gasteiger partial charge on any atom is 0.227 e. The van der Waals surface area contributed by atoms with E-state index in [1.807, 2.05) is 26.0 Å². The normalized spacial score (nSPS) is 12.2. The molecule has 0 radical (unpaired) electrons. The van der Waals surface area contributed by atoms with Gasteiger partial charge in [-0.15, -0.1) is 0 Å². The zero-order valence-electron chi connectivity index (χ0n) is 14.7. The summed E-state index contributed by atoms with van der Waals surface area (Å²) in [7, 11) is 0. The molecule has 0 fully saturated rings. The van der Waals surface area contributed by atoms with Gasteiger partial charge in [0.2, 0.25) is 5.91 Å². The maximum absolute atomic E-state index is 13.0. The Hall–Kier alpha value is -2.40. The van der Waals surface area contributed by atoms with Gasteiger partial charge in [-0.05, 0) is 41.3 Å². The van der Waals surface area contributed by atoms with Gasteiger partial charge in [0.1, 0.15) is 5.82 Å². The molecule has 0 saturated heterocycles. The predicted molar refractivity (Wildman–Crippen MR) is 97.3 cm³/mol. The van der Waals surface area contributed by atoms with Crippen LogP contribution in [0.3, 0.4) is 0 Å². The van der Waals surface area contributed by atoms with Gasteiger partial charge < -0.3 is 15.7 Å². The van der Waals surface area contributed by atoms with Crippen LogP contribution in [0.1, 0.15) is 31.1 Å². The van der Waals surface area contributed by atoms with Crippen LogP contribution in [0.2, 0.25) is 0 Å². The van der Waals surface area contributed by atoms with E-state index in [2.05, 4.69) is 0 Å². The molecule has 25 heavy (non-hydrogen) atoms. The minimum Gasteiger partial charge on any atom is -0.399 e. The minimum atomic E-state index is -0.852. The zero-order chi connectivity index (χ0) is 18.4. The molecule has 1 amide bonds. The molecule has 1 atom stereocenters. The first-order chi connectivity index (χ1) is 11.8. The Morgan fingerprint density at radius 2 is 1.68 bits per heavy atom. The van der Waals surface area contributed by atoms with E-state index in [1.54, 1.807) is 17.0 Å². The molecule has 0 aliphatic heterocycles. The van der Waals surface area contributed by atoms with Crippen LogP contribution in [0.25, 0.3) is 0 Å². The van der Waals surface area contributed by atoms with Crippen molar-refractivity contribution in [2.24, 2.45) is 5.92 Å². The predicted octanol–water partition coefficient (Wildman–Crippen LogP) is 3.17. The van der Waals surface area contributed by atoms with Gasteiger partial charge >= 0.3 is 0 Å². The quantitative estimate of drug-likeness (QED) is 0.758. The molecule has 0 aliphatic carbocycles. The van der Waals surface area contributed by atoms with Gasteiger partial charge in [-0.2, -0.15) is 0 Å². The van der Waals surface area contributed by atoms with Gasteiger partial charge in [0.05, 0.1) is 19.1 Å². The third-order valence-corrected chi connectivity index (χ3v) is 3.92. The summed E-state index contributed by atoms with van der Waals surface area (Å²) in [6, 6.07) is 12.9. The Bertz CT molecular complexity index is 684. The van der Waals surface area contributed by atoms with Crippen molar-refractivity contribution in [1.82, 2.24) is 4.90 Å². The number of benzene rings is 2. The number of hydrogen-bond acceptors (Lipinski definition) is 3. The number of nitrogens with two attached hydrogens (primary N) is 1. The second-order valence-electron chi connectivity index (χ2n) is 6.68. The van der Waals surface area contributed by atoms with Gasteiger partial charge in [-0.25, -0.2) is 4.39 Å². The number of nitrogens with zero attached hydrogens (tertiary/aromatic N) is 1. The Balaban J connectivity index is 2.07. The molecular formula is C20H25FN2O2. The van der Waals surface area contributed by atoms with Crippen LogP contribution in [0.4, 0.5) is 10.1 Å². The van der Waals surface area contributed by atoms with Crippen molar-refractivity contribution in [3.05, 3.63) is 65.5 Å². The third kappa shape index (κ3) is 5.87. The van der Waals surface area contributed by atoms with Gasteiger partial charge in [0.15, 0.2) is 0 Å². The first-order valence-corrected chi connectivity index (χ1v) is 8.41. The topological polar surface area (TPSA) is 66.6 Å². The van der Waals surface area contributed by atoms with E-state index < -0.39 is 6.10 Å². The van der Waals surface area contributed by atoms with E-state index in [4.69, 9.17) is 5.73 Å². The van der Waals surface area contributed by atoms with Crippen molar-refractivity contribution in [3.8, 4) is 0 Å². The van der Waals surface area contributed by atoms with Crippen molar-refractivity contribution >= 4 is 11.6 Å². The van der Waals surface area contributed by atoms with Gasteiger partial charge in [0.25, 0.3) is 0 Å². The van der Waals surface area contributed by atoms with Gasteiger partial charge in [-0.3, -0.25) is 4.79 Å². The lowest BCUT2D eigenvalue weighted by atomic mass is 10.1. The van der Waals surface area contributed by atoms with Crippen molar-refractivity contribution < 1.29 is 14.3 Å². The second-order valence-corrected chi connectivity index (χ2v) is 6.68. The molecule has 0 spiro atoms. The molecule has 5 heteroatoms. The number of anilines is 1. The number of aliphatic hydroxyl groups excluding tert-OH is 1. The first-order valence-electron chi connectivity index (χ1n) is 8.41. The molecule has 0 bridgehead atoms. The standard InChI is InChI=1S/C20H25FN2O2/c1-14(2)12-23(13-19(24)16-5-7-17(21)8-6-16)20(25)11-15-3-9-18(22)10-4-15/h3-10,14,19,24H,11-13,22H2,1-2H3. The summed E-state index contributed by atoms with van der Waals surface area (Å²) in [5.41, 5.74) is 7.80. The Kier molecular flexibility index (Phi) is 6.53. The summed E-state index contributed by atoms with van der Waals surface area (Å²) in [6.45, 7) is 4.77. The van der Waals surface area contributed by atoms with Crippen LogP contribution >= 0.6 is 0 Å². The Morgan fingerprint density at radius 3 is 2.24 bits per heavy atom. The summed E-state index contributed by atoms with van der Waals surface area (Å²) in [5, 5.41) is 10.4. The molecule has 2 aromatic carbocycles.